The normalized spacial score (nSPS) is 23.9. The van der Waals surface area contributed by atoms with Gasteiger partial charge in [-0.25, -0.2) is 4.39 Å². The molecule has 1 fully saturated rings. The van der Waals surface area contributed by atoms with Crippen LogP contribution in [0.4, 0.5) is 15.8 Å². The average molecular weight is 284 g/mol. The van der Waals surface area contributed by atoms with Gasteiger partial charge in [0.2, 0.25) is 0 Å². The molecule has 2 rings (SSSR count). The fourth-order valence-electron chi connectivity index (χ4n) is 2.29. The second-order valence-electron chi connectivity index (χ2n) is 5.53. The van der Waals surface area contributed by atoms with Crippen LogP contribution in [0, 0.1) is 21.3 Å². The monoisotopic (exact) mass is 284 g/mol. The van der Waals surface area contributed by atoms with Gasteiger partial charge in [0.25, 0.3) is 0 Å². The highest BCUT2D eigenvalue weighted by Crippen LogP contribution is 2.43. The Balaban J connectivity index is 2.27. The van der Waals surface area contributed by atoms with Gasteiger partial charge in [-0.1, -0.05) is 13.8 Å². The summed E-state index contributed by atoms with van der Waals surface area (Å²) < 4.78 is 18.8. The summed E-state index contributed by atoms with van der Waals surface area (Å²) >= 11 is 0. The molecular formula is C13H17FN2O4. The van der Waals surface area contributed by atoms with Crippen LogP contribution in [-0.2, 0) is 0 Å². The first kappa shape index (κ1) is 14.5. The van der Waals surface area contributed by atoms with E-state index in [0.29, 0.717) is 6.42 Å². The molecule has 2 atom stereocenters. The lowest BCUT2D eigenvalue weighted by Crippen LogP contribution is -2.57. The Hall–Kier alpha value is -1.89. The SMILES string of the molecule is COc1cc(NC2CC(O)C2(C)C)c(F)cc1[N+](=O)[O-]. The summed E-state index contributed by atoms with van der Waals surface area (Å²) in [5, 5.41) is 23.4. The zero-order chi connectivity index (χ0) is 15.1. The van der Waals surface area contributed by atoms with Crippen molar-refractivity contribution in [3.63, 3.8) is 0 Å². The molecule has 2 unspecified atom stereocenters. The Morgan fingerprint density at radius 3 is 2.65 bits per heavy atom. The van der Waals surface area contributed by atoms with Gasteiger partial charge in [-0.15, -0.1) is 0 Å². The fourth-order valence-corrected chi connectivity index (χ4v) is 2.29. The number of rotatable bonds is 4. The molecule has 0 spiro atoms. The molecule has 1 aromatic rings. The summed E-state index contributed by atoms with van der Waals surface area (Å²) in [4.78, 5) is 10.1. The van der Waals surface area contributed by atoms with Gasteiger partial charge in [-0.3, -0.25) is 10.1 Å². The number of ether oxygens (including phenoxy) is 1. The van der Waals surface area contributed by atoms with E-state index in [1.807, 2.05) is 13.8 Å². The third-order valence-electron chi connectivity index (χ3n) is 4.01. The first-order valence-electron chi connectivity index (χ1n) is 6.24. The van der Waals surface area contributed by atoms with Crippen LogP contribution in [0.3, 0.4) is 0 Å². The summed E-state index contributed by atoms with van der Waals surface area (Å²) in [5.74, 6) is -0.716. The van der Waals surface area contributed by atoms with Crippen molar-refractivity contribution in [2.75, 3.05) is 12.4 Å². The number of nitrogens with one attached hydrogen (secondary N) is 1. The van der Waals surface area contributed by atoms with Gasteiger partial charge in [-0.05, 0) is 6.42 Å². The fraction of sp³-hybridized carbons (Fsp3) is 0.538. The number of hydrogen-bond acceptors (Lipinski definition) is 5. The van der Waals surface area contributed by atoms with Crippen molar-refractivity contribution in [2.45, 2.75) is 32.4 Å². The smallest absolute Gasteiger partial charge is 0.313 e. The quantitative estimate of drug-likeness (QED) is 0.654. The maximum absolute atomic E-state index is 13.9. The van der Waals surface area contributed by atoms with E-state index in [4.69, 9.17) is 4.74 Å². The second kappa shape index (κ2) is 4.90. The van der Waals surface area contributed by atoms with Crippen LogP contribution in [0.2, 0.25) is 0 Å². The summed E-state index contributed by atoms with van der Waals surface area (Å²) in [6, 6.07) is 2.01. The molecule has 7 heteroatoms. The van der Waals surface area contributed by atoms with Gasteiger partial charge in [0.1, 0.15) is 0 Å². The zero-order valence-electron chi connectivity index (χ0n) is 11.5. The Morgan fingerprint density at radius 2 is 2.20 bits per heavy atom. The van der Waals surface area contributed by atoms with Crippen LogP contribution >= 0.6 is 0 Å². The van der Waals surface area contributed by atoms with Crippen molar-refractivity contribution in [1.29, 1.82) is 0 Å². The van der Waals surface area contributed by atoms with Crippen molar-refractivity contribution in [2.24, 2.45) is 5.41 Å². The highest BCUT2D eigenvalue weighted by atomic mass is 19.1. The van der Waals surface area contributed by atoms with E-state index >= 15 is 0 Å². The van der Waals surface area contributed by atoms with E-state index < -0.39 is 22.5 Å². The number of anilines is 1. The lowest BCUT2D eigenvalue weighted by molar-refractivity contribution is -0.385. The van der Waals surface area contributed by atoms with Crippen molar-refractivity contribution >= 4 is 11.4 Å². The maximum Gasteiger partial charge on any atom is 0.313 e. The van der Waals surface area contributed by atoms with Crippen molar-refractivity contribution in [1.82, 2.24) is 0 Å². The Morgan fingerprint density at radius 1 is 1.55 bits per heavy atom. The highest BCUT2D eigenvalue weighted by Gasteiger charge is 2.47. The van der Waals surface area contributed by atoms with Gasteiger partial charge >= 0.3 is 5.69 Å². The molecular weight excluding hydrogens is 267 g/mol. The van der Waals surface area contributed by atoms with Gasteiger partial charge < -0.3 is 15.2 Å². The van der Waals surface area contributed by atoms with Crippen LogP contribution in [0.25, 0.3) is 0 Å². The molecule has 0 saturated heterocycles. The first-order chi connectivity index (χ1) is 9.27. The molecule has 0 heterocycles. The number of hydrogen-bond donors (Lipinski definition) is 2. The maximum atomic E-state index is 13.9. The minimum absolute atomic E-state index is 0.00317. The summed E-state index contributed by atoms with van der Waals surface area (Å²) in [6.45, 7) is 3.75. The number of aliphatic hydroxyl groups excluding tert-OH is 1. The minimum Gasteiger partial charge on any atom is -0.490 e. The minimum atomic E-state index is -0.713. The molecule has 20 heavy (non-hydrogen) atoms. The second-order valence-corrected chi connectivity index (χ2v) is 5.53. The van der Waals surface area contributed by atoms with Crippen LogP contribution in [-0.4, -0.2) is 29.3 Å². The third kappa shape index (κ3) is 2.29. The van der Waals surface area contributed by atoms with Crippen molar-refractivity contribution in [3.05, 3.63) is 28.1 Å². The van der Waals surface area contributed by atoms with E-state index in [2.05, 4.69) is 5.32 Å². The number of benzene rings is 1. The molecule has 0 radical (unpaired) electrons. The first-order valence-corrected chi connectivity index (χ1v) is 6.24. The Bertz CT molecular complexity index is 547. The molecule has 2 N–H and O–H groups in total. The summed E-state index contributed by atoms with van der Waals surface area (Å²) in [6.07, 6.45) is 0.0640. The van der Waals surface area contributed by atoms with Crippen LogP contribution in [0.1, 0.15) is 20.3 Å². The van der Waals surface area contributed by atoms with Gasteiger partial charge in [-0.2, -0.15) is 0 Å². The Kier molecular flexibility index (Phi) is 3.56. The lowest BCUT2D eigenvalue weighted by atomic mass is 9.64. The van der Waals surface area contributed by atoms with E-state index in [0.717, 1.165) is 6.07 Å². The van der Waals surface area contributed by atoms with E-state index in [1.165, 1.54) is 13.2 Å². The number of halogens is 1. The number of nitro groups is 1. The number of nitrogens with zero attached hydrogens (tertiary/aromatic N) is 1. The molecule has 1 aliphatic rings. The summed E-state index contributed by atoms with van der Waals surface area (Å²) in [5.41, 5.74) is -0.651. The number of methoxy groups -OCH3 is 1. The van der Waals surface area contributed by atoms with Crippen molar-refractivity contribution < 1.29 is 19.2 Å². The molecule has 0 aromatic heterocycles. The predicted octanol–water partition coefficient (Wildman–Crippen LogP) is 2.31. The van der Waals surface area contributed by atoms with E-state index in [9.17, 15) is 19.6 Å². The molecule has 1 aliphatic carbocycles. The average Bonchev–Trinajstić information content (AvgIpc) is 2.39. The Labute approximate surface area is 115 Å². The van der Waals surface area contributed by atoms with Crippen LogP contribution in [0.5, 0.6) is 5.75 Å². The molecule has 6 nitrogen and oxygen atoms in total. The van der Waals surface area contributed by atoms with Gasteiger partial charge in [0, 0.05) is 17.5 Å². The molecule has 1 saturated carbocycles. The van der Waals surface area contributed by atoms with Crippen molar-refractivity contribution in [3.8, 4) is 5.75 Å². The van der Waals surface area contributed by atoms with Gasteiger partial charge in [0.15, 0.2) is 11.6 Å². The summed E-state index contributed by atoms with van der Waals surface area (Å²) in [7, 11) is 1.29. The lowest BCUT2D eigenvalue weighted by Gasteiger charge is -2.49. The standard InChI is InChI=1S/C13H17FN2O4/c1-13(2)11(6-12(13)17)15-8-5-10(20-3)9(16(18)19)4-7(8)14/h4-5,11-12,15,17H,6H2,1-3H3. The third-order valence-corrected chi connectivity index (χ3v) is 4.01. The molecule has 110 valence electrons. The van der Waals surface area contributed by atoms with Gasteiger partial charge in [0.05, 0.1) is 29.9 Å². The zero-order valence-corrected chi connectivity index (χ0v) is 11.5. The van der Waals surface area contributed by atoms with Crippen LogP contribution in [0.15, 0.2) is 12.1 Å². The topological polar surface area (TPSA) is 84.6 Å². The number of nitro benzene ring substituents is 1. The van der Waals surface area contributed by atoms with E-state index in [1.54, 1.807) is 0 Å². The largest absolute Gasteiger partial charge is 0.490 e. The molecule has 0 amide bonds. The van der Waals surface area contributed by atoms with E-state index in [-0.39, 0.29) is 22.9 Å². The number of aliphatic hydroxyl groups is 1. The van der Waals surface area contributed by atoms with Crippen LogP contribution < -0.4 is 10.1 Å². The molecule has 0 bridgehead atoms. The predicted molar refractivity (Wildman–Crippen MR) is 71.4 cm³/mol. The molecule has 0 aliphatic heterocycles. The highest BCUT2D eigenvalue weighted by molar-refractivity contribution is 5.59. The molecule has 1 aromatic carbocycles.